The minimum Gasteiger partial charge on any atom is -0.237 e. The summed E-state index contributed by atoms with van der Waals surface area (Å²) in [4.78, 5) is 0. The number of aryl methyl sites for hydroxylation is 1. The number of fused-ring (bicyclic) bond motifs is 1. The summed E-state index contributed by atoms with van der Waals surface area (Å²) >= 11 is 0. The van der Waals surface area contributed by atoms with Crippen molar-refractivity contribution in [3.63, 3.8) is 0 Å². The minimum absolute atomic E-state index is 0.703. The Balaban J connectivity index is 2.43. The zero-order valence-electron chi connectivity index (χ0n) is 11.4. The lowest BCUT2D eigenvalue weighted by atomic mass is 10.1. The first-order valence-electron chi connectivity index (χ1n) is 6.35. The molecule has 0 bridgehead atoms. The van der Waals surface area contributed by atoms with Crippen LogP contribution in [0.4, 0.5) is 0 Å². The minimum atomic E-state index is -3.36. The fraction of sp³-hybridized carbons (Fsp3) is 0.125. The van der Waals surface area contributed by atoms with Gasteiger partial charge in [-0.1, -0.05) is 42.0 Å². The summed E-state index contributed by atoms with van der Waals surface area (Å²) in [5.74, 6) is 0. The number of nitrogens with zero attached hydrogens (tertiary/aromatic N) is 1. The third kappa shape index (κ3) is 2.12. The van der Waals surface area contributed by atoms with E-state index in [2.05, 4.69) is 0 Å². The third-order valence-corrected chi connectivity index (χ3v) is 4.37. The second-order valence-electron chi connectivity index (χ2n) is 4.99. The molecule has 1 heterocycles. The van der Waals surface area contributed by atoms with Crippen molar-refractivity contribution in [2.45, 2.75) is 6.92 Å². The molecule has 4 heteroatoms. The first-order chi connectivity index (χ1) is 9.47. The molecule has 3 nitrogen and oxygen atoms in total. The number of hydrogen-bond donors (Lipinski definition) is 0. The Hall–Kier alpha value is -2.07. The smallest absolute Gasteiger partial charge is 0.236 e. The van der Waals surface area contributed by atoms with Crippen molar-refractivity contribution in [3.8, 4) is 11.3 Å². The van der Waals surface area contributed by atoms with Crippen LogP contribution in [0.2, 0.25) is 0 Å². The van der Waals surface area contributed by atoms with E-state index in [-0.39, 0.29) is 0 Å². The predicted octanol–water partition coefficient (Wildman–Crippen LogP) is 3.42. The van der Waals surface area contributed by atoms with E-state index in [9.17, 15) is 8.42 Å². The largest absolute Gasteiger partial charge is 0.237 e. The Morgan fingerprint density at radius 1 is 0.950 bits per heavy atom. The van der Waals surface area contributed by atoms with Crippen LogP contribution in [0.1, 0.15) is 5.56 Å². The molecule has 1 aromatic heterocycles. The van der Waals surface area contributed by atoms with E-state index in [4.69, 9.17) is 0 Å². The van der Waals surface area contributed by atoms with Gasteiger partial charge in [0.25, 0.3) is 0 Å². The van der Waals surface area contributed by atoms with Crippen LogP contribution in [-0.2, 0) is 10.0 Å². The molecule has 0 aliphatic carbocycles. The number of rotatable bonds is 2. The summed E-state index contributed by atoms with van der Waals surface area (Å²) in [7, 11) is -3.36. The molecular weight excluding hydrogens is 270 g/mol. The summed E-state index contributed by atoms with van der Waals surface area (Å²) in [5.41, 5.74) is 3.43. The maximum Gasteiger partial charge on any atom is 0.236 e. The Kier molecular flexibility index (Phi) is 2.91. The molecule has 0 aliphatic rings. The standard InChI is InChI=1S/C16H15NO2S/c1-12-8-9-15-14(10-12)11-16(17(15)20(2,18)19)13-6-4-3-5-7-13/h3-11H,1-2H3. The molecule has 2 aromatic carbocycles. The molecule has 102 valence electrons. The van der Waals surface area contributed by atoms with Crippen molar-refractivity contribution in [2.24, 2.45) is 0 Å². The molecule has 3 aromatic rings. The van der Waals surface area contributed by atoms with Crippen LogP contribution < -0.4 is 0 Å². The Morgan fingerprint density at radius 2 is 1.65 bits per heavy atom. The molecule has 0 atom stereocenters. The van der Waals surface area contributed by atoms with Crippen LogP contribution in [0.15, 0.2) is 54.6 Å². The summed E-state index contributed by atoms with van der Waals surface area (Å²) in [6, 6.07) is 17.3. The fourth-order valence-corrected chi connectivity index (χ4v) is 3.52. The normalized spacial score (nSPS) is 11.9. The summed E-state index contributed by atoms with van der Waals surface area (Å²) < 4.78 is 25.7. The average Bonchev–Trinajstić information content (AvgIpc) is 2.78. The van der Waals surface area contributed by atoms with Crippen molar-refractivity contribution in [3.05, 3.63) is 60.2 Å². The molecule has 0 unspecified atom stereocenters. The van der Waals surface area contributed by atoms with Crippen LogP contribution in [0, 0.1) is 6.92 Å². The second kappa shape index (κ2) is 4.49. The van der Waals surface area contributed by atoms with Gasteiger partial charge in [-0.2, -0.15) is 0 Å². The fourth-order valence-electron chi connectivity index (χ4n) is 2.48. The molecule has 3 rings (SSSR count). The highest BCUT2D eigenvalue weighted by molar-refractivity contribution is 7.89. The van der Waals surface area contributed by atoms with Gasteiger partial charge in [-0.25, -0.2) is 12.4 Å². The van der Waals surface area contributed by atoms with E-state index in [1.807, 2.05) is 61.5 Å². The number of hydrogen-bond acceptors (Lipinski definition) is 2. The molecule has 0 amide bonds. The molecule has 0 saturated heterocycles. The van der Waals surface area contributed by atoms with Crippen LogP contribution in [-0.4, -0.2) is 18.6 Å². The van der Waals surface area contributed by atoms with E-state index in [0.717, 1.165) is 22.0 Å². The average molecular weight is 285 g/mol. The maximum absolute atomic E-state index is 12.2. The quantitative estimate of drug-likeness (QED) is 0.723. The molecule has 0 radical (unpaired) electrons. The highest BCUT2D eigenvalue weighted by Crippen LogP contribution is 2.30. The Labute approximate surface area is 118 Å². The number of aromatic nitrogens is 1. The van der Waals surface area contributed by atoms with Crippen molar-refractivity contribution in [2.75, 3.05) is 6.26 Å². The van der Waals surface area contributed by atoms with E-state index < -0.39 is 10.0 Å². The zero-order valence-corrected chi connectivity index (χ0v) is 12.2. The second-order valence-corrected chi connectivity index (χ2v) is 6.82. The highest BCUT2D eigenvalue weighted by atomic mass is 32.2. The lowest BCUT2D eigenvalue weighted by molar-refractivity contribution is 0.595. The van der Waals surface area contributed by atoms with Gasteiger partial charge in [-0.15, -0.1) is 0 Å². The van der Waals surface area contributed by atoms with Gasteiger partial charge in [0.05, 0.1) is 17.5 Å². The van der Waals surface area contributed by atoms with Gasteiger partial charge in [0.1, 0.15) is 0 Å². The molecule has 0 saturated carbocycles. The molecule has 0 aliphatic heterocycles. The molecular formula is C16H15NO2S. The summed E-state index contributed by atoms with van der Waals surface area (Å²) in [6.07, 6.45) is 1.23. The van der Waals surface area contributed by atoms with Crippen LogP contribution in [0.25, 0.3) is 22.2 Å². The van der Waals surface area contributed by atoms with Crippen molar-refractivity contribution < 1.29 is 8.42 Å². The van der Waals surface area contributed by atoms with Crippen molar-refractivity contribution >= 4 is 20.9 Å². The first-order valence-corrected chi connectivity index (χ1v) is 8.20. The molecule has 0 fully saturated rings. The first kappa shape index (κ1) is 12.9. The Bertz CT molecular complexity index is 877. The van der Waals surface area contributed by atoms with E-state index in [1.165, 1.54) is 10.2 Å². The van der Waals surface area contributed by atoms with Gasteiger partial charge in [0.2, 0.25) is 10.0 Å². The van der Waals surface area contributed by atoms with E-state index in [0.29, 0.717) is 5.69 Å². The lowest BCUT2D eigenvalue weighted by Crippen LogP contribution is -2.11. The van der Waals surface area contributed by atoms with Crippen molar-refractivity contribution in [1.82, 2.24) is 3.97 Å². The van der Waals surface area contributed by atoms with Gasteiger partial charge in [-0.05, 0) is 30.7 Å². The number of benzene rings is 2. The van der Waals surface area contributed by atoms with E-state index in [1.54, 1.807) is 0 Å². The zero-order chi connectivity index (χ0) is 14.3. The van der Waals surface area contributed by atoms with Gasteiger partial charge >= 0.3 is 0 Å². The highest BCUT2D eigenvalue weighted by Gasteiger charge is 2.17. The molecule has 0 N–H and O–H groups in total. The molecule has 0 spiro atoms. The topological polar surface area (TPSA) is 39.1 Å². The van der Waals surface area contributed by atoms with Crippen LogP contribution in [0.5, 0.6) is 0 Å². The van der Waals surface area contributed by atoms with Gasteiger partial charge < -0.3 is 0 Å². The lowest BCUT2D eigenvalue weighted by Gasteiger charge is -2.08. The molecule has 20 heavy (non-hydrogen) atoms. The Morgan fingerprint density at radius 3 is 2.30 bits per heavy atom. The third-order valence-electron chi connectivity index (χ3n) is 3.31. The van der Waals surface area contributed by atoms with Crippen LogP contribution >= 0.6 is 0 Å². The van der Waals surface area contributed by atoms with Gasteiger partial charge in [0, 0.05) is 5.39 Å². The van der Waals surface area contributed by atoms with Gasteiger partial charge in [-0.3, -0.25) is 0 Å². The predicted molar refractivity (Wildman–Crippen MR) is 82.4 cm³/mol. The summed E-state index contributed by atoms with van der Waals surface area (Å²) in [5, 5.41) is 0.939. The summed E-state index contributed by atoms with van der Waals surface area (Å²) in [6.45, 7) is 2.00. The van der Waals surface area contributed by atoms with Crippen LogP contribution in [0.3, 0.4) is 0 Å². The maximum atomic E-state index is 12.2. The SMILES string of the molecule is Cc1ccc2c(c1)cc(-c1ccccc1)n2S(C)(=O)=O. The monoisotopic (exact) mass is 285 g/mol. The van der Waals surface area contributed by atoms with Gasteiger partial charge in [0.15, 0.2) is 0 Å². The van der Waals surface area contributed by atoms with Crippen molar-refractivity contribution in [1.29, 1.82) is 0 Å². The van der Waals surface area contributed by atoms with E-state index >= 15 is 0 Å².